The number of ether oxygens (including phenoxy) is 1. The maximum atomic E-state index is 13.9. The summed E-state index contributed by atoms with van der Waals surface area (Å²) < 4.78 is 5.34. The smallest absolute Gasteiger partial charge is 0.408 e. The van der Waals surface area contributed by atoms with E-state index >= 15 is 0 Å². The predicted octanol–water partition coefficient (Wildman–Crippen LogP) is 5.12. The van der Waals surface area contributed by atoms with Crippen molar-refractivity contribution in [1.82, 2.24) is 10.2 Å². The molecule has 0 bridgehead atoms. The van der Waals surface area contributed by atoms with Crippen molar-refractivity contribution < 1.29 is 19.1 Å². The fraction of sp³-hybridized carbons (Fsp3) is 0.393. The summed E-state index contributed by atoms with van der Waals surface area (Å²) in [4.78, 5) is 41.8. The fourth-order valence-electron chi connectivity index (χ4n) is 3.95. The van der Waals surface area contributed by atoms with Gasteiger partial charge in [-0.1, -0.05) is 47.9 Å². The van der Waals surface area contributed by atoms with Crippen LogP contribution in [0.25, 0.3) is 0 Å². The molecule has 2 N–H and O–H groups in total. The van der Waals surface area contributed by atoms with Gasteiger partial charge in [0.2, 0.25) is 5.91 Å². The molecule has 37 heavy (non-hydrogen) atoms. The molecule has 0 radical (unpaired) electrons. The Morgan fingerprint density at radius 2 is 1.86 bits per heavy atom. The highest BCUT2D eigenvalue weighted by atomic mass is 35.5. The number of benzene rings is 2. The Kier molecular flexibility index (Phi) is 9.16. The number of thiol groups is 1. The number of nitrogens with one attached hydrogen (secondary N) is 2. The van der Waals surface area contributed by atoms with Gasteiger partial charge in [-0.25, -0.2) is 4.79 Å². The van der Waals surface area contributed by atoms with E-state index < -0.39 is 35.6 Å². The number of anilines is 1. The summed E-state index contributed by atoms with van der Waals surface area (Å²) in [6, 6.07) is 10.0. The second-order valence-electron chi connectivity index (χ2n) is 9.91. The van der Waals surface area contributed by atoms with Crippen molar-refractivity contribution in [2.45, 2.75) is 64.3 Å². The summed E-state index contributed by atoms with van der Waals surface area (Å²) in [5.41, 5.74) is 1.47. The highest BCUT2D eigenvalue weighted by molar-refractivity contribution is 7.80. The number of nitrogens with zero attached hydrogens (tertiary/aromatic N) is 1. The van der Waals surface area contributed by atoms with Gasteiger partial charge in [-0.15, -0.1) is 6.42 Å². The van der Waals surface area contributed by atoms with Gasteiger partial charge in [0.25, 0.3) is 5.91 Å². The molecular weight excluding hydrogens is 510 g/mol. The molecule has 0 aromatic heterocycles. The van der Waals surface area contributed by atoms with Gasteiger partial charge in [-0.3, -0.25) is 9.59 Å². The first-order chi connectivity index (χ1) is 17.5. The van der Waals surface area contributed by atoms with Gasteiger partial charge in [0.15, 0.2) is 0 Å². The molecule has 7 nitrogen and oxygen atoms in total. The Labute approximate surface area is 228 Å². The lowest BCUT2D eigenvalue weighted by atomic mass is 9.97. The third-order valence-electron chi connectivity index (χ3n) is 5.77. The van der Waals surface area contributed by atoms with Gasteiger partial charge < -0.3 is 20.3 Å². The second kappa shape index (κ2) is 11.9. The number of terminal acetylenes is 1. The third-order valence-corrected chi connectivity index (χ3v) is 6.45. The normalized spacial score (nSPS) is 14.6. The van der Waals surface area contributed by atoms with Crippen LogP contribution in [0.15, 0.2) is 42.5 Å². The van der Waals surface area contributed by atoms with E-state index in [0.29, 0.717) is 34.7 Å². The SMILES string of the molecule is C#Cc1ccccc1C(C(=O)Nc1c(C)cccc1Cl)N(C(=O)C(CS)NC(=O)OC(C)(C)C)C1CC1. The van der Waals surface area contributed by atoms with E-state index in [0.717, 1.165) is 5.56 Å². The van der Waals surface area contributed by atoms with E-state index in [1.54, 1.807) is 57.2 Å². The largest absolute Gasteiger partial charge is 0.444 e. The molecule has 0 aliphatic heterocycles. The zero-order chi connectivity index (χ0) is 27.3. The quantitative estimate of drug-likeness (QED) is 0.319. The van der Waals surface area contributed by atoms with Gasteiger partial charge in [0.05, 0.1) is 10.7 Å². The van der Waals surface area contributed by atoms with Crippen LogP contribution in [0, 0.1) is 19.3 Å². The third kappa shape index (κ3) is 7.21. The Hall–Kier alpha value is -3.15. The summed E-state index contributed by atoms with van der Waals surface area (Å²) in [6.07, 6.45) is 6.46. The monoisotopic (exact) mass is 541 g/mol. The Balaban J connectivity index is 2.03. The molecule has 2 aromatic rings. The van der Waals surface area contributed by atoms with Crippen LogP contribution in [0.4, 0.5) is 10.5 Å². The average molecular weight is 542 g/mol. The number of carbonyl (C=O) groups is 3. The van der Waals surface area contributed by atoms with Crippen molar-refractivity contribution in [3.8, 4) is 12.3 Å². The molecule has 2 unspecified atom stereocenters. The molecule has 196 valence electrons. The van der Waals surface area contributed by atoms with Crippen molar-refractivity contribution >= 4 is 47.8 Å². The number of amides is 3. The van der Waals surface area contributed by atoms with Crippen molar-refractivity contribution in [3.05, 3.63) is 64.2 Å². The van der Waals surface area contributed by atoms with Crippen LogP contribution in [-0.2, 0) is 14.3 Å². The summed E-state index contributed by atoms with van der Waals surface area (Å²) in [5, 5.41) is 5.89. The van der Waals surface area contributed by atoms with E-state index in [-0.39, 0.29) is 11.8 Å². The minimum Gasteiger partial charge on any atom is -0.444 e. The molecule has 3 amide bonds. The second-order valence-corrected chi connectivity index (χ2v) is 10.7. The van der Waals surface area contributed by atoms with Gasteiger partial charge >= 0.3 is 6.09 Å². The number of rotatable bonds is 8. The van der Waals surface area contributed by atoms with Gasteiger partial charge in [0.1, 0.15) is 17.7 Å². The molecule has 9 heteroatoms. The van der Waals surface area contributed by atoms with Crippen LogP contribution in [0.3, 0.4) is 0 Å². The number of hydrogen-bond acceptors (Lipinski definition) is 5. The fourth-order valence-corrected chi connectivity index (χ4v) is 4.47. The van der Waals surface area contributed by atoms with E-state index in [9.17, 15) is 14.4 Å². The van der Waals surface area contributed by atoms with Crippen LogP contribution >= 0.6 is 24.2 Å². The average Bonchev–Trinajstić information content (AvgIpc) is 3.67. The number of para-hydroxylation sites is 1. The number of carbonyl (C=O) groups excluding carboxylic acids is 3. The van der Waals surface area contributed by atoms with E-state index in [1.165, 1.54) is 4.90 Å². The molecule has 2 atom stereocenters. The summed E-state index contributed by atoms with van der Waals surface area (Å²) in [6.45, 7) is 7.02. The number of hydrogen-bond donors (Lipinski definition) is 3. The van der Waals surface area contributed by atoms with E-state index in [4.69, 9.17) is 22.8 Å². The first-order valence-corrected chi connectivity index (χ1v) is 13.0. The zero-order valence-electron chi connectivity index (χ0n) is 21.4. The highest BCUT2D eigenvalue weighted by Gasteiger charge is 2.44. The van der Waals surface area contributed by atoms with E-state index in [1.807, 2.05) is 13.0 Å². The Morgan fingerprint density at radius 1 is 1.19 bits per heavy atom. The molecule has 3 rings (SSSR count). The van der Waals surface area contributed by atoms with Crippen LogP contribution in [0.5, 0.6) is 0 Å². The number of alkyl carbamates (subject to hydrolysis) is 1. The molecule has 1 aliphatic rings. The molecule has 1 saturated carbocycles. The standard InChI is InChI=1S/C28H32ClN3O4S/c1-6-18-11-7-8-12-20(18)24(25(33)31-23-17(2)10-9-13-21(23)29)32(19-14-15-19)26(34)22(16-37)30-27(35)36-28(3,4)5/h1,7-13,19,22,24,37H,14-16H2,2-5H3,(H,30,35)(H,31,33). The first-order valence-electron chi connectivity index (χ1n) is 12.0. The number of aryl methyl sites for hydroxylation is 1. The maximum absolute atomic E-state index is 13.9. The van der Waals surface area contributed by atoms with Gasteiger partial charge in [0, 0.05) is 17.4 Å². The predicted molar refractivity (Wildman–Crippen MR) is 149 cm³/mol. The zero-order valence-corrected chi connectivity index (χ0v) is 23.0. The minimum absolute atomic E-state index is 0.00996. The van der Waals surface area contributed by atoms with Crippen molar-refractivity contribution in [2.75, 3.05) is 11.1 Å². The topological polar surface area (TPSA) is 87.7 Å². The lowest BCUT2D eigenvalue weighted by Crippen LogP contribution is -2.54. The van der Waals surface area contributed by atoms with Crippen molar-refractivity contribution in [1.29, 1.82) is 0 Å². The van der Waals surface area contributed by atoms with Crippen LogP contribution in [0.2, 0.25) is 5.02 Å². The van der Waals surface area contributed by atoms with Crippen molar-refractivity contribution in [3.63, 3.8) is 0 Å². The summed E-state index contributed by atoms with van der Waals surface area (Å²) in [7, 11) is 0. The molecule has 1 fully saturated rings. The Bertz CT molecular complexity index is 1200. The molecule has 0 spiro atoms. The highest BCUT2D eigenvalue weighted by Crippen LogP contribution is 2.38. The molecule has 1 aliphatic carbocycles. The lowest BCUT2D eigenvalue weighted by molar-refractivity contribution is -0.141. The minimum atomic E-state index is -1.06. The van der Waals surface area contributed by atoms with Crippen LogP contribution in [0.1, 0.15) is 56.3 Å². The van der Waals surface area contributed by atoms with Gasteiger partial charge in [-0.05, 0) is 63.8 Å². The summed E-state index contributed by atoms with van der Waals surface area (Å²) >= 11 is 10.7. The van der Waals surface area contributed by atoms with Gasteiger partial charge in [-0.2, -0.15) is 12.6 Å². The van der Waals surface area contributed by atoms with Crippen molar-refractivity contribution in [2.24, 2.45) is 0 Å². The lowest BCUT2D eigenvalue weighted by Gasteiger charge is -2.35. The molecular formula is C28H32ClN3O4S. The van der Waals surface area contributed by atoms with Crippen LogP contribution in [-0.4, -0.2) is 46.2 Å². The van der Waals surface area contributed by atoms with Crippen LogP contribution < -0.4 is 10.6 Å². The number of halogens is 1. The maximum Gasteiger partial charge on any atom is 0.408 e. The first kappa shape index (κ1) is 28.4. The Morgan fingerprint density at radius 3 is 2.43 bits per heavy atom. The molecule has 2 aromatic carbocycles. The summed E-state index contributed by atoms with van der Waals surface area (Å²) in [5.74, 6) is 1.72. The molecule has 0 heterocycles. The molecule has 0 saturated heterocycles. The van der Waals surface area contributed by atoms with E-state index in [2.05, 4.69) is 29.2 Å².